The maximum atomic E-state index is 11.8. The van der Waals surface area contributed by atoms with Crippen molar-refractivity contribution in [1.82, 2.24) is 15.5 Å². The normalized spacial score (nSPS) is 22.2. The van der Waals surface area contributed by atoms with Gasteiger partial charge in [0.15, 0.2) is 0 Å². The van der Waals surface area contributed by atoms with Crippen molar-refractivity contribution in [3.63, 3.8) is 0 Å². The number of nitrogens with one attached hydrogen (secondary N) is 2. The lowest BCUT2D eigenvalue weighted by molar-refractivity contribution is -0.127. The van der Waals surface area contributed by atoms with E-state index >= 15 is 0 Å². The molecule has 2 amide bonds. The third-order valence-corrected chi connectivity index (χ3v) is 4.35. The third-order valence-electron chi connectivity index (χ3n) is 4.35. The molecule has 1 aliphatic rings. The Balaban J connectivity index is 2.23. The molecule has 1 heterocycles. The van der Waals surface area contributed by atoms with Gasteiger partial charge in [-0.2, -0.15) is 0 Å². The first-order valence-electron chi connectivity index (χ1n) is 8.35. The third kappa shape index (κ3) is 6.32. The summed E-state index contributed by atoms with van der Waals surface area (Å²) >= 11 is 0. The zero-order chi connectivity index (χ0) is 16.7. The Kier molecular flexibility index (Phi) is 7.82. The number of hydrogen-bond acceptors (Lipinski definition) is 4. The molecule has 1 fully saturated rings. The molecule has 22 heavy (non-hydrogen) atoms. The first kappa shape index (κ1) is 18.9. The summed E-state index contributed by atoms with van der Waals surface area (Å²) in [6.45, 7) is 11.0. The smallest absolute Gasteiger partial charge is 0.239 e. The van der Waals surface area contributed by atoms with Crippen LogP contribution in [0.25, 0.3) is 0 Å². The monoisotopic (exact) mass is 312 g/mol. The van der Waals surface area contributed by atoms with Crippen molar-refractivity contribution in [3.8, 4) is 0 Å². The van der Waals surface area contributed by atoms with Crippen LogP contribution in [0.2, 0.25) is 0 Å². The van der Waals surface area contributed by atoms with Gasteiger partial charge in [-0.3, -0.25) is 14.5 Å². The predicted molar refractivity (Wildman–Crippen MR) is 88.3 cm³/mol. The van der Waals surface area contributed by atoms with Gasteiger partial charge in [-0.25, -0.2) is 0 Å². The quantitative estimate of drug-likeness (QED) is 0.632. The van der Waals surface area contributed by atoms with Gasteiger partial charge in [-0.05, 0) is 38.1 Å². The minimum Gasteiger partial charge on any atom is -0.353 e. The van der Waals surface area contributed by atoms with E-state index in [1.54, 1.807) is 0 Å². The highest BCUT2D eigenvalue weighted by atomic mass is 16.2. The number of carbonyl (C=O) groups excluding carboxylic acids is 2. The molecule has 1 aliphatic heterocycles. The van der Waals surface area contributed by atoms with Gasteiger partial charge in [0, 0.05) is 19.1 Å². The molecule has 6 nitrogen and oxygen atoms in total. The summed E-state index contributed by atoms with van der Waals surface area (Å²) in [4.78, 5) is 25.9. The molecular weight excluding hydrogens is 280 g/mol. The Bertz CT molecular complexity index is 373. The van der Waals surface area contributed by atoms with Gasteiger partial charge in [0.25, 0.3) is 0 Å². The fraction of sp³-hybridized carbons (Fsp3) is 0.875. The van der Waals surface area contributed by atoms with E-state index in [0.29, 0.717) is 12.6 Å². The van der Waals surface area contributed by atoms with Crippen LogP contribution >= 0.6 is 0 Å². The lowest BCUT2D eigenvalue weighted by Crippen LogP contribution is -2.49. The average molecular weight is 312 g/mol. The van der Waals surface area contributed by atoms with E-state index in [1.165, 1.54) is 12.8 Å². The number of carbonyl (C=O) groups is 2. The lowest BCUT2D eigenvalue weighted by Gasteiger charge is -2.35. The van der Waals surface area contributed by atoms with Gasteiger partial charge in [0.05, 0.1) is 12.6 Å². The fourth-order valence-corrected chi connectivity index (χ4v) is 2.67. The highest BCUT2D eigenvalue weighted by molar-refractivity contribution is 5.87. The number of rotatable bonds is 7. The van der Waals surface area contributed by atoms with Crippen LogP contribution in [0.15, 0.2) is 0 Å². The number of amides is 2. The standard InChI is InChI=1S/C16H32N4O2/c1-11(2)15(17)16(22)19-9-14(21)18-8-13(4)20-7-5-6-12(3)10-20/h11-13,15H,5-10,17H2,1-4H3,(H,18,21)(H,19,22)/t12?,13?,15-/m0/s1. The van der Waals surface area contributed by atoms with Crippen LogP contribution in [0, 0.1) is 11.8 Å². The number of likely N-dealkylation sites (tertiary alicyclic amines) is 1. The van der Waals surface area contributed by atoms with Crippen LogP contribution in [0.1, 0.15) is 40.5 Å². The van der Waals surface area contributed by atoms with Gasteiger partial charge >= 0.3 is 0 Å². The van der Waals surface area contributed by atoms with Crippen LogP contribution in [-0.4, -0.2) is 55.0 Å². The summed E-state index contributed by atoms with van der Waals surface area (Å²) in [6.07, 6.45) is 2.51. The van der Waals surface area contributed by atoms with E-state index in [-0.39, 0.29) is 24.3 Å². The second-order valence-corrected chi connectivity index (χ2v) is 6.88. The van der Waals surface area contributed by atoms with E-state index in [0.717, 1.165) is 19.0 Å². The second kappa shape index (κ2) is 9.10. The van der Waals surface area contributed by atoms with Gasteiger partial charge in [-0.15, -0.1) is 0 Å². The van der Waals surface area contributed by atoms with Crippen molar-refractivity contribution < 1.29 is 9.59 Å². The van der Waals surface area contributed by atoms with Crippen LogP contribution in [-0.2, 0) is 9.59 Å². The molecule has 1 saturated heterocycles. The molecule has 0 aromatic rings. The molecule has 0 bridgehead atoms. The van der Waals surface area contributed by atoms with Crippen molar-refractivity contribution in [2.24, 2.45) is 17.6 Å². The molecule has 0 spiro atoms. The molecule has 0 radical (unpaired) electrons. The minimum atomic E-state index is -0.568. The largest absolute Gasteiger partial charge is 0.353 e. The molecule has 0 aromatic heterocycles. The molecule has 6 heteroatoms. The molecule has 0 saturated carbocycles. The lowest BCUT2D eigenvalue weighted by atomic mass is 9.99. The van der Waals surface area contributed by atoms with Gasteiger partial charge < -0.3 is 16.4 Å². The van der Waals surface area contributed by atoms with Crippen LogP contribution in [0.3, 0.4) is 0 Å². The maximum Gasteiger partial charge on any atom is 0.239 e. The van der Waals surface area contributed by atoms with E-state index in [1.807, 2.05) is 13.8 Å². The fourth-order valence-electron chi connectivity index (χ4n) is 2.67. The molecular formula is C16H32N4O2. The summed E-state index contributed by atoms with van der Waals surface area (Å²) in [6, 6.07) is -0.248. The van der Waals surface area contributed by atoms with Crippen molar-refractivity contribution in [3.05, 3.63) is 0 Å². The molecule has 4 N–H and O–H groups in total. The maximum absolute atomic E-state index is 11.8. The Morgan fingerprint density at radius 2 is 1.95 bits per heavy atom. The summed E-state index contributed by atoms with van der Waals surface area (Å²) in [5.41, 5.74) is 5.73. The van der Waals surface area contributed by atoms with E-state index in [2.05, 4.69) is 29.4 Å². The van der Waals surface area contributed by atoms with Crippen molar-refractivity contribution >= 4 is 11.8 Å². The molecule has 0 aromatic carbocycles. The summed E-state index contributed by atoms with van der Waals surface area (Å²) in [5.74, 6) is 0.345. The number of nitrogens with zero attached hydrogens (tertiary/aromatic N) is 1. The Hall–Kier alpha value is -1.14. The van der Waals surface area contributed by atoms with Crippen LogP contribution in [0.4, 0.5) is 0 Å². The highest BCUT2D eigenvalue weighted by Crippen LogP contribution is 2.17. The average Bonchev–Trinajstić information content (AvgIpc) is 2.49. The molecule has 0 aliphatic carbocycles. The van der Waals surface area contributed by atoms with Crippen molar-refractivity contribution in [2.75, 3.05) is 26.2 Å². The number of hydrogen-bond donors (Lipinski definition) is 3. The highest BCUT2D eigenvalue weighted by Gasteiger charge is 2.21. The van der Waals surface area contributed by atoms with Crippen molar-refractivity contribution in [1.29, 1.82) is 0 Å². The van der Waals surface area contributed by atoms with Crippen molar-refractivity contribution in [2.45, 2.75) is 52.6 Å². The first-order valence-corrected chi connectivity index (χ1v) is 8.35. The summed E-state index contributed by atoms with van der Waals surface area (Å²) in [7, 11) is 0. The van der Waals surface area contributed by atoms with Crippen LogP contribution in [0.5, 0.6) is 0 Å². The number of piperidine rings is 1. The molecule has 128 valence electrons. The molecule has 3 atom stereocenters. The molecule has 2 unspecified atom stereocenters. The second-order valence-electron chi connectivity index (χ2n) is 6.88. The van der Waals surface area contributed by atoms with Crippen LogP contribution < -0.4 is 16.4 Å². The minimum absolute atomic E-state index is 0.0115. The van der Waals surface area contributed by atoms with E-state index in [4.69, 9.17) is 5.73 Å². The number of nitrogens with two attached hydrogens (primary N) is 1. The van der Waals surface area contributed by atoms with Gasteiger partial charge in [0.2, 0.25) is 11.8 Å². The Labute approximate surface area is 134 Å². The topological polar surface area (TPSA) is 87.5 Å². The van der Waals surface area contributed by atoms with Gasteiger partial charge in [0.1, 0.15) is 0 Å². The Morgan fingerprint density at radius 3 is 2.55 bits per heavy atom. The zero-order valence-corrected chi connectivity index (χ0v) is 14.4. The predicted octanol–water partition coefficient (Wildman–Crippen LogP) is 0.323. The van der Waals surface area contributed by atoms with E-state index in [9.17, 15) is 9.59 Å². The summed E-state index contributed by atoms with van der Waals surface area (Å²) < 4.78 is 0. The zero-order valence-electron chi connectivity index (χ0n) is 14.4. The SMILES string of the molecule is CC1CCCN(C(C)CNC(=O)CNC(=O)[C@@H](N)C(C)C)C1. The Morgan fingerprint density at radius 1 is 1.27 bits per heavy atom. The summed E-state index contributed by atoms with van der Waals surface area (Å²) in [5, 5.41) is 5.47. The van der Waals surface area contributed by atoms with E-state index < -0.39 is 6.04 Å². The first-order chi connectivity index (χ1) is 10.3. The molecule has 1 rings (SSSR count). The van der Waals surface area contributed by atoms with Gasteiger partial charge in [-0.1, -0.05) is 20.8 Å².